The molecule has 0 aromatic heterocycles. The van der Waals surface area contributed by atoms with E-state index in [2.05, 4.69) is 20.9 Å². The van der Waals surface area contributed by atoms with Crippen molar-refractivity contribution in [2.45, 2.75) is 0 Å². The first kappa shape index (κ1) is 17.0. The number of ether oxygens (including phenoxy) is 2. The minimum Gasteiger partial charge on any atom is -0.496 e. The van der Waals surface area contributed by atoms with Gasteiger partial charge in [-0.15, -0.1) is 0 Å². The molecule has 0 saturated carbocycles. The molecule has 2 aromatic carbocycles. The van der Waals surface area contributed by atoms with E-state index in [4.69, 9.17) is 32.7 Å². The lowest BCUT2D eigenvalue weighted by Gasteiger charge is -2.04. The molecule has 7 heteroatoms. The highest BCUT2D eigenvalue weighted by Crippen LogP contribution is 2.29. The molecule has 1 heterocycles. The number of carbonyl (C=O) groups is 1. The first-order valence-electron chi connectivity index (χ1n) is 6.79. The molecule has 0 radical (unpaired) electrons. The number of halogens is 3. The Kier molecular flexibility index (Phi) is 4.94. The second-order valence-electron chi connectivity index (χ2n) is 4.85. The Labute approximate surface area is 156 Å². The number of esters is 1. The van der Waals surface area contributed by atoms with Crippen molar-refractivity contribution in [3.05, 3.63) is 67.7 Å². The van der Waals surface area contributed by atoms with Crippen LogP contribution in [0.1, 0.15) is 11.1 Å². The van der Waals surface area contributed by atoms with Gasteiger partial charge in [0.15, 0.2) is 5.70 Å². The van der Waals surface area contributed by atoms with Gasteiger partial charge in [-0.1, -0.05) is 39.1 Å². The fraction of sp³-hybridized carbons (Fsp3) is 0.0588. The fourth-order valence-electron chi connectivity index (χ4n) is 2.15. The van der Waals surface area contributed by atoms with Gasteiger partial charge >= 0.3 is 5.97 Å². The van der Waals surface area contributed by atoms with Crippen LogP contribution in [0.15, 0.2) is 51.6 Å². The van der Waals surface area contributed by atoms with E-state index in [0.717, 1.165) is 4.47 Å². The van der Waals surface area contributed by atoms with Gasteiger partial charge < -0.3 is 9.47 Å². The Morgan fingerprint density at radius 2 is 2.00 bits per heavy atom. The predicted molar refractivity (Wildman–Crippen MR) is 97.8 cm³/mol. The number of nitrogens with zero attached hydrogens (tertiary/aromatic N) is 1. The van der Waals surface area contributed by atoms with Crippen LogP contribution in [0.5, 0.6) is 5.75 Å². The van der Waals surface area contributed by atoms with E-state index in [-0.39, 0.29) is 11.6 Å². The summed E-state index contributed by atoms with van der Waals surface area (Å²) in [6.45, 7) is 0. The minimum atomic E-state index is -0.557. The topological polar surface area (TPSA) is 47.9 Å². The maximum absolute atomic E-state index is 12.1. The molecule has 3 rings (SSSR count). The quantitative estimate of drug-likeness (QED) is 0.506. The number of cyclic esters (lactones) is 1. The number of hydrogen-bond donors (Lipinski definition) is 0. The minimum absolute atomic E-state index is 0.141. The van der Waals surface area contributed by atoms with Crippen LogP contribution in [0.3, 0.4) is 0 Å². The second kappa shape index (κ2) is 6.97. The third-order valence-corrected chi connectivity index (χ3v) is 4.31. The largest absolute Gasteiger partial charge is 0.496 e. The van der Waals surface area contributed by atoms with Gasteiger partial charge in [-0.2, -0.15) is 0 Å². The molecule has 0 bridgehead atoms. The molecule has 122 valence electrons. The molecule has 0 fully saturated rings. The van der Waals surface area contributed by atoms with Crippen molar-refractivity contribution in [1.82, 2.24) is 0 Å². The van der Waals surface area contributed by atoms with Gasteiger partial charge in [-0.05, 0) is 42.5 Å². The van der Waals surface area contributed by atoms with Crippen molar-refractivity contribution in [3.8, 4) is 5.75 Å². The van der Waals surface area contributed by atoms with Gasteiger partial charge in [0.05, 0.1) is 17.7 Å². The van der Waals surface area contributed by atoms with E-state index in [9.17, 15) is 4.79 Å². The summed E-state index contributed by atoms with van der Waals surface area (Å²) < 4.78 is 11.4. The van der Waals surface area contributed by atoms with Crippen molar-refractivity contribution in [2.24, 2.45) is 4.99 Å². The van der Waals surface area contributed by atoms with E-state index < -0.39 is 5.97 Å². The second-order valence-corrected chi connectivity index (χ2v) is 6.61. The lowest BCUT2D eigenvalue weighted by atomic mass is 10.1. The first-order chi connectivity index (χ1) is 11.5. The summed E-state index contributed by atoms with van der Waals surface area (Å²) in [7, 11) is 1.56. The number of aliphatic imine (C=N–C) groups is 1. The van der Waals surface area contributed by atoms with Crippen LogP contribution in [0.4, 0.5) is 0 Å². The van der Waals surface area contributed by atoms with Crippen LogP contribution in [0.25, 0.3) is 6.08 Å². The van der Waals surface area contributed by atoms with E-state index in [1.54, 1.807) is 37.5 Å². The predicted octanol–water partition coefficient (Wildman–Crippen LogP) is 5.11. The molecular weight excluding hydrogens is 417 g/mol. The highest BCUT2D eigenvalue weighted by Gasteiger charge is 2.26. The Morgan fingerprint density at radius 1 is 1.21 bits per heavy atom. The summed E-state index contributed by atoms with van der Waals surface area (Å²) in [5, 5.41) is 0.846. The molecule has 0 saturated heterocycles. The molecule has 0 unspecified atom stereocenters. The summed E-state index contributed by atoms with van der Waals surface area (Å²) in [5.41, 5.74) is 1.36. The van der Waals surface area contributed by atoms with Gasteiger partial charge in [0.1, 0.15) is 5.75 Å². The SMILES string of the molecule is COc1ccc(Br)cc1/C=C1\N=C(c2ccc(Cl)cc2Cl)OC1=O. The van der Waals surface area contributed by atoms with Gasteiger partial charge in [-0.3, -0.25) is 0 Å². The summed E-state index contributed by atoms with van der Waals surface area (Å²) in [5.74, 6) is 0.201. The fourth-order valence-corrected chi connectivity index (χ4v) is 3.02. The van der Waals surface area contributed by atoms with Crippen molar-refractivity contribution in [3.63, 3.8) is 0 Å². The summed E-state index contributed by atoms with van der Waals surface area (Å²) >= 11 is 15.4. The van der Waals surface area contributed by atoms with E-state index >= 15 is 0 Å². The number of benzene rings is 2. The molecule has 1 aliphatic rings. The average molecular weight is 427 g/mol. The van der Waals surface area contributed by atoms with E-state index in [1.807, 2.05) is 12.1 Å². The number of carbonyl (C=O) groups excluding carboxylic acids is 1. The molecule has 4 nitrogen and oxygen atoms in total. The Bertz CT molecular complexity index is 893. The third-order valence-electron chi connectivity index (χ3n) is 3.27. The van der Waals surface area contributed by atoms with Gasteiger partial charge in [0.25, 0.3) is 0 Å². The molecule has 1 aliphatic heterocycles. The van der Waals surface area contributed by atoms with Crippen molar-refractivity contribution < 1.29 is 14.3 Å². The highest BCUT2D eigenvalue weighted by molar-refractivity contribution is 9.10. The summed E-state index contributed by atoms with van der Waals surface area (Å²) in [4.78, 5) is 16.3. The van der Waals surface area contributed by atoms with Crippen molar-refractivity contribution >= 4 is 57.1 Å². The number of methoxy groups -OCH3 is 1. The van der Waals surface area contributed by atoms with Crippen LogP contribution in [-0.4, -0.2) is 19.0 Å². The van der Waals surface area contributed by atoms with Gasteiger partial charge in [0.2, 0.25) is 5.90 Å². The standard InChI is InChI=1S/C17H10BrCl2NO3/c1-23-15-5-2-10(18)6-9(15)7-14-17(22)24-16(21-14)12-4-3-11(19)8-13(12)20/h2-8H,1H3/b14-7-. The van der Waals surface area contributed by atoms with Crippen LogP contribution in [-0.2, 0) is 9.53 Å². The Balaban J connectivity index is 2.02. The molecule has 0 spiro atoms. The summed E-state index contributed by atoms with van der Waals surface area (Å²) in [6, 6.07) is 10.3. The monoisotopic (exact) mass is 425 g/mol. The van der Waals surface area contributed by atoms with E-state index in [1.165, 1.54) is 0 Å². The lowest BCUT2D eigenvalue weighted by molar-refractivity contribution is -0.129. The number of hydrogen-bond acceptors (Lipinski definition) is 4. The normalized spacial score (nSPS) is 15.4. The maximum Gasteiger partial charge on any atom is 0.363 e. The zero-order chi connectivity index (χ0) is 17.3. The van der Waals surface area contributed by atoms with Crippen LogP contribution in [0.2, 0.25) is 10.0 Å². The van der Waals surface area contributed by atoms with Gasteiger partial charge in [-0.25, -0.2) is 9.79 Å². The number of rotatable bonds is 3. The van der Waals surface area contributed by atoms with Crippen LogP contribution < -0.4 is 4.74 Å². The third kappa shape index (κ3) is 3.48. The Morgan fingerprint density at radius 3 is 2.71 bits per heavy atom. The zero-order valence-corrected chi connectivity index (χ0v) is 15.4. The molecule has 0 atom stereocenters. The molecular formula is C17H10BrCl2NO3. The molecule has 0 aliphatic carbocycles. The molecule has 0 N–H and O–H groups in total. The molecule has 2 aromatic rings. The average Bonchev–Trinajstić information content (AvgIpc) is 2.88. The smallest absolute Gasteiger partial charge is 0.363 e. The highest BCUT2D eigenvalue weighted by atomic mass is 79.9. The Hall–Kier alpha value is -1.82. The van der Waals surface area contributed by atoms with Crippen molar-refractivity contribution in [2.75, 3.05) is 7.11 Å². The first-order valence-corrected chi connectivity index (χ1v) is 8.34. The lowest BCUT2D eigenvalue weighted by Crippen LogP contribution is -2.05. The molecule has 24 heavy (non-hydrogen) atoms. The van der Waals surface area contributed by atoms with E-state index in [0.29, 0.717) is 26.9 Å². The van der Waals surface area contributed by atoms with Crippen LogP contribution in [0, 0.1) is 0 Å². The zero-order valence-electron chi connectivity index (χ0n) is 12.3. The molecule has 0 amide bonds. The van der Waals surface area contributed by atoms with Crippen molar-refractivity contribution in [1.29, 1.82) is 0 Å². The van der Waals surface area contributed by atoms with Crippen LogP contribution >= 0.6 is 39.1 Å². The van der Waals surface area contributed by atoms with Gasteiger partial charge in [0, 0.05) is 15.1 Å². The maximum atomic E-state index is 12.1. The summed E-state index contributed by atoms with van der Waals surface area (Å²) in [6.07, 6.45) is 1.60.